The second kappa shape index (κ2) is 4.98. The molecule has 2 rings (SSSR count). The first kappa shape index (κ1) is 10.9. The van der Waals surface area contributed by atoms with E-state index in [1.165, 1.54) is 12.5 Å². The lowest BCUT2D eigenvalue weighted by Gasteiger charge is -2.00. The van der Waals surface area contributed by atoms with Crippen LogP contribution in [0, 0.1) is 0 Å². The van der Waals surface area contributed by atoms with E-state index in [9.17, 15) is 4.79 Å². The maximum Gasteiger partial charge on any atom is 0.271 e. The molecule has 0 fully saturated rings. The summed E-state index contributed by atoms with van der Waals surface area (Å²) in [5.74, 6) is 0.248. The summed E-state index contributed by atoms with van der Waals surface area (Å²) in [5, 5.41) is 3.76. The predicted molar refractivity (Wildman–Crippen MR) is 64.6 cm³/mol. The number of furan rings is 1. The summed E-state index contributed by atoms with van der Waals surface area (Å²) in [6, 6.07) is 10.1. The molecule has 5 nitrogen and oxygen atoms in total. The van der Waals surface area contributed by atoms with Gasteiger partial charge in [0, 0.05) is 11.3 Å². The number of carbonyl (C=O) groups excluding carboxylic acids is 1. The molecule has 0 saturated heterocycles. The molecule has 0 atom stereocenters. The first-order valence-corrected chi connectivity index (χ1v) is 4.98. The highest BCUT2D eigenvalue weighted by Crippen LogP contribution is 2.05. The lowest BCUT2D eigenvalue weighted by Crippen LogP contribution is -2.17. The number of hydrazone groups is 1. The Hall–Kier alpha value is -2.56. The van der Waals surface area contributed by atoms with Gasteiger partial charge in [-0.05, 0) is 30.3 Å². The monoisotopic (exact) mass is 229 g/mol. The van der Waals surface area contributed by atoms with Crippen LogP contribution in [0.1, 0.15) is 16.1 Å². The Balaban J connectivity index is 1.98. The quantitative estimate of drug-likeness (QED) is 0.476. The van der Waals surface area contributed by atoms with Crippen LogP contribution in [0.4, 0.5) is 5.69 Å². The van der Waals surface area contributed by atoms with Crippen molar-refractivity contribution in [2.75, 3.05) is 5.73 Å². The van der Waals surface area contributed by atoms with Crippen molar-refractivity contribution >= 4 is 17.8 Å². The number of hydrogen-bond acceptors (Lipinski definition) is 4. The molecule has 0 aliphatic carbocycles. The number of nitrogens with zero attached hydrogens (tertiary/aromatic N) is 1. The molecule has 0 aliphatic rings. The van der Waals surface area contributed by atoms with Crippen molar-refractivity contribution < 1.29 is 9.21 Å². The molecular weight excluding hydrogens is 218 g/mol. The van der Waals surface area contributed by atoms with Gasteiger partial charge in [-0.3, -0.25) is 4.79 Å². The molecule has 1 aromatic heterocycles. The fourth-order valence-corrected chi connectivity index (χ4v) is 1.26. The average molecular weight is 229 g/mol. The third kappa shape index (κ3) is 2.94. The molecule has 3 N–H and O–H groups in total. The van der Waals surface area contributed by atoms with Crippen LogP contribution in [-0.2, 0) is 0 Å². The highest BCUT2D eigenvalue weighted by Gasteiger charge is 2.03. The zero-order valence-corrected chi connectivity index (χ0v) is 8.96. The highest BCUT2D eigenvalue weighted by atomic mass is 16.3. The summed E-state index contributed by atoms with van der Waals surface area (Å²) in [4.78, 5) is 11.6. The van der Waals surface area contributed by atoms with Crippen molar-refractivity contribution in [3.63, 3.8) is 0 Å². The van der Waals surface area contributed by atoms with Crippen molar-refractivity contribution in [1.82, 2.24) is 5.43 Å². The molecule has 0 aliphatic heterocycles. The summed E-state index contributed by atoms with van der Waals surface area (Å²) in [5.41, 5.74) is 8.94. The van der Waals surface area contributed by atoms with E-state index in [2.05, 4.69) is 10.5 Å². The van der Waals surface area contributed by atoms with Gasteiger partial charge >= 0.3 is 0 Å². The summed E-state index contributed by atoms with van der Waals surface area (Å²) in [7, 11) is 0. The predicted octanol–water partition coefficient (Wildman–Crippen LogP) is 1.63. The van der Waals surface area contributed by atoms with Crippen LogP contribution in [0.3, 0.4) is 0 Å². The molecule has 1 heterocycles. The molecule has 0 spiro atoms. The smallest absolute Gasteiger partial charge is 0.271 e. The normalized spacial score (nSPS) is 10.6. The minimum atomic E-state index is -0.319. The lowest BCUT2D eigenvalue weighted by atomic mass is 10.2. The molecule has 0 saturated carbocycles. The first-order chi connectivity index (χ1) is 8.25. The van der Waals surface area contributed by atoms with Crippen molar-refractivity contribution in [2.24, 2.45) is 5.10 Å². The van der Waals surface area contributed by atoms with Gasteiger partial charge in [-0.2, -0.15) is 5.10 Å². The minimum Gasteiger partial charge on any atom is -0.463 e. The van der Waals surface area contributed by atoms with Crippen LogP contribution in [0.2, 0.25) is 0 Å². The van der Waals surface area contributed by atoms with Crippen LogP contribution < -0.4 is 11.2 Å². The average Bonchev–Trinajstić information content (AvgIpc) is 2.82. The topological polar surface area (TPSA) is 80.6 Å². The zero-order valence-electron chi connectivity index (χ0n) is 8.96. The number of benzene rings is 1. The molecule has 0 bridgehead atoms. The fourth-order valence-electron chi connectivity index (χ4n) is 1.26. The van der Waals surface area contributed by atoms with Crippen molar-refractivity contribution in [2.45, 2.75) is 0 Å². The van der Waals surface area contributed by atoms with Gasteiger partial charge in [-0.15, -0.1) is 0 Å². The third-order valence-electron chi connectivity index (χ3n) is 2.05. The van der Waals surface area contributed by atoms with E-state index in [0.717, 1.165) is 0 Å². The molecular formula is C12H11N3O2. The second-order valence-corrected chi connectivity index (χ2v) is 3.34. The number of hydrogen-bond donors (Lipinski definition) is 2. The van der Waals surface area contributed by atoms with Crippen LogP contribution in [0.5, 0.6) is 0 Å². The number of nitrogens with one attached hydrogen (secondary N) is 1. The zero-order chi connectivity index (χ0) is 12.1. The van der Waals surface area contributed by atoms with Gasteiger partial charge in [-0.1, -0.05) is 6.07 Å². The van der Waals surface area contributed by atoms with Crippen LogP contribution in [0.15, 0.2) is 52.2 Å². The van der Waals surface area contributed by atoms with E-state index in [1.807, 2.05) is 0 Å². The molecule has 0 radical (unpaired) electrons. The number of rotatable bonds is 3. The Morgan fingerprint density at radius 1 is 1.35 bits per heavy atom. The van der Waals surface area contributed by atoms with Gasteiger partial charge in [0.1, 0.15) is 5.76 Å². The van der Waals surface area contributed by atoms with Gasteiger partial charge in [0.15, 0.2) is 0 Å². The van der Waals surface area contributed by atoms with Crippen molar-refractivity contribution in [3.05, 3.63) is 54.0 Å². The van der Waals surface area contributed by atoms with E-state index >= 15 is 0 Å². The summed E-state index contributed by atoms with van der Waals surface area (Å²) in [6.45, 7) is 0. The third-order valence-corrected chi connectivity index (χ3v) is 2.05. The van der Waals surface area contributed by atoms with Gasteiger partial charge in [0.25, 0.3) is 5.91 Å². The number of amides is 1. The van der Waals surface area contributed by atoms with Crippen LogP contribution in [-0.4, -0.2) is 12.1 Å². The highest BCUT2D eigenvalue weighted by molar-refractivity contribution is 5.95. The van der Waals surface area contributed by atoms with Crippen LogP contribution >= 0.6 is 0 Å². The maximum atomic E-state index is 11.6. The lowest BCUT2D eigenvalue weighted by molar-refractivity contribution is 0.0955. The number of anilines is 1. The fraction of sp³-hybridized carbons (Fsp3) is 0. The molecule has 0 unspecified atom stereocenters. The van der Waals surface area contributed by atoms with Crippen molar-refractivity contribution in [3.8, 4) is 0 Å². The number of nitrogens with two attached hydrogens (primary N) is 1. The van der Waals surface area contributed by atoms with Crippen LogP contribution in [0.25, 0.3) is 0 Å². The van der Waals surface area contributed by atoms with Gasteiger partial charge in [0.05, 0.1) is 12.5 Å². The largest absolute Gasteiger partial charge is 0.463 e. The number of carbonyl (C=O) groups is 1. The molecule has 17 heavy (non-hydrogen) atoms. The first-order valence-electron chi connectivity index (χ1n) is 4.98. The SMILES string of the molecule is Nc1cccc(C(=O)N/N=C\c2ccco2)c1. The number of nitrogen functional groups attached to an aromatic ring is 1. The summed E-state index contributed by atoms with van der Waals surface area (Å²) in [6.07, 6.45) is 2.95. The summed E-state index contributed by atoms with van der Waals surface area (Å²) < 4.78 is 5.02. The van der Waals surface area contributed by atoms with E-state index in [4.69, 9.17) is 10.2 Å². The van der Waals surface area contributed by atoms with Crippen molar-refractivity contribution in [1.29, 1.82) is 0 Å². The minimum absolute atomic E-state index is 0.319. The van der Waals surface area contributed by atoms with E-state index in [-0.39, 0.29) is 5.91 Å². The molecule has 86 valence electrons. The van der Waals surface area contributed by atoms with Gasteiger partial charge in [-0.25, -0.2) is 5.43 Å². The Kier molecular flexibility index (Phi) is 3.20. The maximum absolute atomic E-state index is 11.6. The molecule has 2 aromatic rings. The van der Waals surface area contributed by atoms with E-state index in [0.29, 0.717) is 17.0 Å². The Morgan fingerprint density at radius 2 is 2.24 bits per heavy atom. The van der Waals surface area contributed by atoms with E-state index in [1.54, 1.807) is 36.4 Å². The Morgan fingerprint density at radius 3 is 2.94 bits per heavy atom. The molecule has 1 aromatic carbocycles. The van der Waals surface area contributed by atoms with E-state index < -0.39 is 0 Å². The molecule has 1 amide bonds. The Bertz CT molecular complexity index is 532. The van der Waals surface area contributed by atoms with Gasteiger partial charge < -0.3 is 10.2 Å². The second-order valence-electron chi connectivity index (χ2n) is 3.34. The standard InChI is InChI=1S/C12H11N3O2/c13-10-4-1-3-9(7-10)12(16)15-14-8-11-5-2-6-17-11/h1-8H,13H2,(H,15,16)/b14-8-. The van der Waals surface area contributed by atoms with Gasteiger partial charge in [0.2, 0.25) is 0 Å². The molecule has 5 heteroatoms. The Labute approximate surface area is 97.9 Å². The summed E-state index contributed by atoms with van der Waals surface area (Å²) >= 11 is 0.